The number of hydrogen-bond acceptors (Lipinski definition) is 3. The second kappa shape index (κ2) is 6.21. The van der Waals surface area contributed by atoms with Crippen LogP contribution in [-0.4, -0.2) is 20.1 Å². The summed E-state index contributed by atoms with van der Waals surface area (Å²) in [4.78, 5) is 12.1. The molecule has 0 saturated carbocycles. The van der Waals surface area contributed by atoms with Crippen LogP contribution >= 0.6 is 0 Å². The number of amides is 1. The zero-order valence-electron chi connectivity index (χ0n) is 11.4. The van der Waals surface area contributed by atoms with Crippen LogP contribution in [0.25, 0.3) is 0 Å². The van der Waals surface area contributed by atoms with Crippen molar-refractivity contribution in [2.24, 2.45) is 0 Å². The molecule has 2 aromatic carbocycles. The number of ether oxygens (including phenoxy) is 2. The van der Waals surface area contributed by atoms with Crippen molar-refractivity contribution in [3.8, 4) is 11.5 Å². The molecular weight excluding hydrogens is 280 g/mol. The Kier molecular flexibility index (Phi) is 4.37. The number of carbonyl (C=O) groups excluding carboxylic acids is 1. The molecule has 0 aliphatic carbocycles. The Labute approximate surface area is 120 Å². The van der Waals surface area contributed by atoms with Crippen molar-refractivity contribution < 1.29 is 23.0 Å². The molecule has 0 heterocycles. The van der Waals surface area contributed by atoms with E-state index in [9.17, 15) is 13.6 Å². The maximum Gasteiger partial charge on any atom is 0.259 e. The molecule has 0 bridgehead atoms. The van der Waals surface area contributed by atoms with Crippen LogP contribution in [-0.2, 0) is 0 Å². The minimum absolute atomic E-state index is 0.150. The van der Waals surface area contributed by atoms with Crippen molar-refractivity contribution in [2.45, 2.75) is 0 Å². The highest BCUT2D eigenvalue weighted by Gasteiger charge is 2.14. The highest BCUT2D eigenvalue weighted by Crippen LogP contribution is 2.25. The topological polar surface area (TPSA) is 47.6 Å². The molecule has 2 aromatic rings. The lowest BCUT2D eigenvalue weighted by atomic mass is 10.1. The fourth-order valence-electron chi connectivity index (χ4n) is 1.76. The lowest BCUT2D eigenvalue weighted by Crippen LogP contribution is -2.13. The Morgan fingerprint density at radius 2 is 1.76 bits per heavy atom. The third kappa shape index (κ3) is 3.28. The smallest absolute Gasteiger partial charge is 0.259 e. The summed E-state index contributed by atoms with van der Waals surface area (Å²) in [5, 5.41) is 2.47. The highest BCUT2D eigenvalue weighted by atomic mass is 19.2. The van der Waals surface area contributed by atoms with E-state index in [1.165, 1.54) is 26.4 Å². The van der Waals surface area contributed by atoms with Gasteiger partial charge >= 0.3 is 0 Å². The number of benzene rings is 2. The summed E-state index contributed by atoms with van der Waals surface area (Å²) in [6.07, 6.45) is 0. The largest absolute Gasteiger partial charge is 0.497 e. The van der Waals surface area contributed by atoms with E-state index in [1.54, 1.807) is 12.1 Å². The van der Waals surface area contributed by atoms with Gasteiger partial charge in [0, 0.05) is 17.8 Å². The molecule has 0 atom stereocenters. The van der Waals surface area contributed by atoms with E-state index in [2.05, 4.69) is 5.32 Å². The Morgan fingerprint density at radius 3 is 2.38 bits per heavy atom. The molecule has 0 radical (unpaired) electrons. The Balaban J connectivity index is 2.25. The van der Waals surface area contributed by atoms with E-state index in [-0.39, 0.29) is 11.3 Å². The van der Waals surface area contributed by atoms with E-state index < -0.39 is 17.5 Å². The number of nitrogens with one attached hydrogen (secondary N) is 1. The predicted molar refractivity (Wildman–Crippen MR) is 73.9 cm³/mol. The third-order valence-electron chi connectivity index (χ3n) is 2.83. The fourth-order valence-corrected chi connectivity index (χ4v) is 1.76. The molecule has 1 N–H and O–H groups in total. The molecule has 4 nitrogen and oxygen atoms in total. The summed E-state index contributed by atoms with van der Waals surface area (Å²) in [7, 11) is 2.92. The van der Waals surface area contributed by atoms with Crippen molar-refractivity contribution in [3.05, 3.63) is 53.6 Å². The monoisotopic (exact) mass is 293 g/mol. The van der Waals surface area contributed by atoms with Gasteiger partial charge in [-0.05, 0) is 24.3 Å². The molecule has 0 fully saturated rings. The van der Waals surface area contributed by atoms with Crippen LogP contribution in [0.2, 0.25) is 0 Å². The average Bonchev–Trinajstić information content (AvgIpc) is 2.50. The molecule has 110 valence electrons. The molecule has 21 heavy (non-hydrogen) atoms. The van der Waals surface area contributed by atoms with Crippen LogP contribution in [0.4, 0.5) is 14.5 Å². The molecule has 0 saturated heterocycles. The second-order valence-corrected chi connectivity index (χ2v) is 4.15. The van der Waals surface area contributed by atoms with Crippen LogP contribution in [0.3, 0.4) is 0 Å². The molecule has 0 aliphatic rings. The van der Waals surface area contributed by atoms with Crippen LogP contribution in [0.5, 0.6) is 11.5 Å². The summed E-state index contributed by atoms with van der Waals surface area (Å²) in [5.41, 5.74) is 0.403. The second-order valence-electron chi connectivity index (χ2n) is 4.15. The van der Waals surface area contributed by atoms with Gasteiger partial charge in [0.15, 0.2) is 11.6 Å². The van der Waals surface area contributed by atoms with E-state index in [1.807, 2.05) is 0 Å². The highest BCUT2D eigenvalue weighted by molar-refractivity contribution is 6.06. The quantitative estimate of drug-likeness (QED) is 0.941. The third-order valence-corrected chi connectivity index (χ3v) is 2.83. The van der Waals surface area contributed by atoms with Crippen LogP contribution in [0.1, 0.15) is 10.4 Å². The van der Waals surface area contributed by atoms with Gasteiger partial charge in [-0.15, -0.1) is 0 Å². The number of methoxy groups -OCH3 is 2. The van der Waals surface area contributed by atoms with E-state index in [0.717, 1.165) is 12.1 Å². The average molecular weight is 293 g/mol. The van der Waals surface area contributed by atoms with E-state index in [0.29, 0.717) is 11.5 Å². The maximum absolute atomic E-state index is 13.1. The predicted octanol–water partition coefficient (Wildman–Crippen LogP) is 3.23. The lowest BCUT2D eigenvalue weighted by molar-refractivity contribution is 0.102. The minimum atomic E-state index is -1.03. The number of halogens is 2. The van der Waals surface area contributed by atoms with Gasteiger partial charge in [0.05, 0.1) is 19.8 Å². The van der Waals surface area contributed by atoms with Gasteiger partial charge in [-0.25, -0.2) is 8.78 Å². The van der Waals surface area contributed by atoms with Crippen molar-refractivity contribution in [1.82, 2.24) is 0 Å². The minimum Gasteiger partial charge on any atom is -0.497 e. The van der Waals surface area contributed by atoms with Gasteiger partial charge in [0.25, 0.3) is 5.91 Å². The van der Waals surface area contributed by atoms with Gasteiger partial charge in [-0.2, -0.15) is 0 Å². The molecule has 1 amide bonds. The standard InChI is InChI=1S/C15H13F2NO3/c1-20-10-4-5-11(14(8-10)21-2)15(19)18-9-3-6-12(16)13(17)7-9/h3-8H,1-2H3,(H,18,19). The summed E-state index contributed by atoms with van der Waals surface area (Å²) in [6.45, 7) is 0. The molecule has 6 heteroatoms. The van der Waals surface area contributed by atoms with Gasteiger partial charge in [0.1, 0.15) is 11.5 Å². The first-order valence-electron chi connectivity index (χ1n) is 6.03. The first kappa shape index (κ1) is 14.8. The summed E-state index contributed by atoms with van der Waals surface area (Å²) in [5.74, 6) is -1.66. The zero-order valence-corrected chi connectivity index (χ0v) is 11.4. The first-order valence-corrected chi connectivity index (χ1v) is 6.03. The summed E-state index contributed by atoms with van der Waals surface area (Å²) >= 11 is 0. The number of carbonyl (C=O) groups is 1. The normalized spacial score (nSPS) is 10.1. The Hall–Kier alpha value is -2.63. The fraction of sp³-hybridized carbons (Fsp3) is 0.133. The number of hydrogen-bond donors (Lipinski definition) is 1. The van der Waals surface area contributed by atoms with Crippen molar-refractivity contribution >= 4 is 11.6 Å². The van der Waals surface area contributed by atoms with Gasteiger partial charge in [0.2, 0.25) is 0 Å². The van der Waals surface area contributed by atoms with Crippen LogP contribution in [0.15, 0.2) is 36.4 Å². The molecule has 2 rings (SSSR count). The number of anilines is 1. The van der Waals surface area contributed by atoms with E-state index >= 15 is 0 Å². The SMILES string of the molecule is COc1ccc(C(=O)Nc2ccc(F)c(F)c2)c(OC)c1. The molecular formula is C15H13F2NO3. The van der Waals surface area contributed by atoms with Crippen LogP contribution < -0.4 is 14.8 Å². The first-order chi connectivity index (χ1) is 10.0. The van der Waals surface area contributed by atoms with Gasteiger partial charge in [-0.3, -0.25) is 4.79 Å². The Morgan fingerprint density at radius 1 is 1.00 bits per heavy atom. The number of rotatable bonds is 4. The Bertz CT molecular complexity index is 674. The molecule has 0 aromatic heterocycles. The van der Waals surface area contributed by atoms with Gasteiger partial charge < -0.3 is 14.8 Å². The summed E-state index contributed by atoms with van der Waals surface area (Å²) in [6, 6.07) is 7.79. The summed E-state index contributed by atoms with van der Waals surface area (Å²) < 4.78 is 36.1. The molecule has 0 unspecified atom stereocenters. The van der Waals surface area contributed by atoms with Crippen LogP contribution in [0, 0.1) is 11.6 Å². The molecule has 0 aliphatic heterocycles. The van der Waals surface area contributed by atoms with E-state index in [4.69, 9.17) is 9.47 Å². The van der Waals surface area contributed by atoms with Crippen molar-refractivity contribution in [3.63, 3.8) is 0 Å². The maximum atomic E-state index is 13.1. The van der Waals surface area contributed by atoms with Gasteiger partial charge in [-0.1, -0.05) is 0 Å². The lowest BCUT2D eigenvalue weighted by Gasteiger charge is -2.11. The molecule has 0 spiro atoms. The van der Waals surface area contributed by atoms with Crippen molar-refractivity contribution in [1.29, 1.82) is 0 Å². The van der Waals surface area contributed by atoms with Crippen molar-refractivity contribution in [2.75, 3.05) is 19.5 Å². The zero-order chi connectivity index (χ0) is 15.4.